The van der Waals surface area contributed by atoms with Gasteiger partial charge in [0.15, 0.2) is 11.5 Å². The first kappa shape index (κ1) is 19.5. The molecule has 0 fully saturated rings. The van der Waals surface area contributed by atoms with Crippen LogP contribution in [0.1, 0.15) is 34.3 Å². The Bertz CT molecular complexity index is 1250. The molecule has 1 aromatic heterocycles. The number of hydrogen-bond donors (Lipinski definition) is 2. The first-order valence-electron chi connectivity index (χ1n) is 10.5. The summed E-state index contributed by atoms with van der Waals surface area (Å²) in [6, 6.07) is 9.05. The highest BCUT2D eigenvalue weighted by molar-refractivity contribution is 6.06. The SMILES string of the molecule is COc1ccc(NC(=O)c2cc3cc4c5c(c3oc2=N)CCCN5CCC4)cc1OC. The van der Waals surface area contributed by atoms with Crippen LogP contribution >= 0.6 is 0 Å². The number of anilines is 2. The molecule has 2 aromatic carbocycles. The average Bonchev–Trinajstić information content (AvgIpc) is 2.79. The molecule has 0 aliphatic carbocycles. The van der Waals surface area contributed by atoms with E-state index in [2.05, 4.69) is 16.3 Å². The monoisotopic (exact) mass is 419 g/mol. The second-order valence-corrected chi connectivity index (χ2v) is 7.99. The number of nitrogens with zero attached hydrogens (tertiary/aromatic N) is 1. The molecule has 2 aliphatic heterocycles. The van der Waals surface area contributed by atoms with Crippen LogP contribution < -0.4 is 25.2 Å². The third-order valence-electron chi connectivity index (χ3n) is 6.14. The molecular weight excluding hydrogens is 394 g/mol. The molecule has 5 rings (SSSR count). The van der Waals surface area contributed by atoms with Crippen molar-refractivity contribution in [1.29, 1.82) is 5.41 Å². The van der Waals surface area contributed by atoms with Crippen LogP contribution in [0.15, 0.2) is 34.7 Å². The molecule has 160 valence electrons. The van der Waals surface area contributed by atoms with E-state index in [0.717, 1.165) is 49.7 Å². The Labute approximate surface area is 180 Å². The molecule has 2 N–H and O–H groups in total. The van der Waals surface area contributed by atoms with Gasteiger partial charge in [-0.05, 0) is 55.5 Å². The molecular formula is C24H25N3O4. The van der Waals surface area contributed by atoms with Crippen molar-refractivity contribution in [3.05, 3.63) is 52.6 Å². The van der Waals surface area contributed by atoms with Gasteiger partial charge in [0.1, 0.15) is 11.1 Å². The third kappa shape index (κ3) is 3.30. The first-order chi connectivity index (χ1) is 15.1. The lowest BCUT2D eigenvalue weighted by molar-refractivity contribution is 0.102. The number of nitrogens with one attached hydrogen (secondary N) is 2. The van der Waals surface area contributed by atoms with E-state index < -0.39 is 5.91 Å². The van der Waals surface area contributed by atoms with Crippen molar-refractivity contribution in [3.8, 4) is 11.5 Å². The maximum atomic E-state index is 13.0. The Morgan fingerprint density at radius 2 is 1.84 bits per heavy atom. The number of hydrogen-bond acceptors (Lipinski definition) is 6. The van der Waals surface area contributed by atoms with Gasteiger partial charge >= 0.3 is 0 Å². The van der Waals surface area contributed by atoms with Crippen LogP contribution in [-0.4, -0.2) is 33.2 Å². The van der Waals surface area contributed by atoms with Crippen LogP contribution in [0.25, 0.3) is 11.0 Å². The smallest absolute Gasteiger partial charge is 0.261 e. The number of amides is 1. The Morgan fingerprint density at radius 1 is 1.06 bits per heavy atom. The second kappa shape index (κ2) is 7.65. The minimum Gasteiger partial charge on any atom is -0.493 e. The van der Waals surface area contributed by atoms with Gasteiger partial charge in [-0.2, -0.15) is 0 Å². The zero-order valence-electron chi connectivity index (χ0n) is 17.7. The fourth-order valence-electron chi connectivity index (χ4n) is 4.74. The lowest BCUT2D eigenvalue weighted by Gasteiger charge is -2.37. The summed E-state index contributed by atoms with van der Waals surface area (Å²) in [6.45, 7) is 2.15. The molecule has 0 unspecified atom stereocenters. The van der Waals surface area contributed by atoms with Crippen molar-refractivity contribution < 1.29 is 18.7 Å². The van der Waals surface area contributed by atoms with Crippen molar-refractivity contribution in [2.75, 3.05) is 37.5 Å². The standard InChI is InChI=1S/C24H25N3O4/c1-29-19-8-7-16(13-20(19)30-2)26-24(28)18-12-15-11-14-5-3-9-27-10-4-6-17(21(14)27)22(15)31-23(18)25/h7-8,11-13,25H,3-6,9-10H2,1-2H3,(H,26,28). The van der Waals surface area contributed by atoms with Crippen LogP contribution in [0.4, 0.5) is 11.4 Å². The predicted molar refractivity (Wildman–Crippen MR) is 118 cm³/mol. The number of methoxy groups -OCH3 is 2. The zero-order valence-corrected chi connectivity index (χ0v) is 17.7. The summed E-state index contributed by atoms with van der Waals surface area (Å²) in [5.41, 5.74) is 5.14. The lowest BCUT2D eigenvalue weighted by atomic mass is 9.90. The van der Waals surface area contributed by atoms with Gasteiger partial charge in [0.05, 0.1) is 14.2 Å². The topological polar surface area (TPSA) is 87.8 Å². The normalized spacial score (nSPS) is 14.8. The van der Waals surface area contributed by atoms with Gasteiger partial charge in [-0.3, -0.25) is 10.2 Å². The summed E-state index contributed by atoms with van der Waals surface area (Å²) in [7, 11) is 3.10. The fraction of sp³-hybridized carbons (Fsp3) is 0.333. The van der Waals surface area contributed by atoms with Gasteiger partial charge in [-0.25, -0.2) is 0 Å². The van der Waals surface area contributed by atoms with Gasteiger partial charge in [0.25, 0.3) is 5.91 Å². The van der Waals surface area contributed by atoms with Crippen LogP contribution in [0, 0.1) is 5.41 Å². The van der Waals surface area contributed by atoms with Gasteiger partial charge < -0.3 is 24.1 Å². The number of carbonyl (C=O) groups is 1. The van der Waals surface area contributed by atoms with E-state index in [-0.39, 0.29) is 11.1 Å². The summed E-state index contributed by atoms with van der Waals surface area (Å²) in [4.78, 5) is 15.4. The van der Waals surface area contributed by atoms with E-state index in [9.17, 15) is 4.79 Å². The number of aryl methyl sites for hydroxylation is 2. The average molecular weight is 419 g/mol. The molecule has 0 atom stereocenters. The van der Waals surface area contributed by atoms with Crippen molar-refractivity contribution in [3.63, 3.8) is 0 Å². The molecule has 0 saturated heterocycles. The Balaban J connectivity index is 1.54. The second-order valence-electron chi connectivity index (χ2n) is 7.99. The molecule has 0 bridgehead atoms. The number of fused-ring (bicyclic) bond motifs is 2. The Morgan fingerprint density at radius 3 is 2.61 bits per heavy atom. The summed E-state index contributed by atoms with van der Waals surface area (Å²) >= 11 is 0. The lowest BCUT2D eigenvalue weighted by Crippen LogP contribution is -2.34. The number of benzene rings is 2. The summed E-state index contributed by atoms with van der Waals surface area (Å²) < 4.78 is 16.5. The molecule has 2 aliphatic rings. The van der Waals surface area contributed by atoms with Gasteiger partial charge in [0, 0.05) is 41.5 Å². The maximum absolute atomic E-state index is 13.0. The van der Waals surface area contributed by atoms with Crippen LogP contribution in [0.5, 0.6) is 11.5 Å². The van der Waals surface area contributed by atoms with Crippen molar-refractivity contribution in [2.24, 2.45) is 0 Å². The van der Waals surface area contributed by atoms with E-state index in [4.69, 9.17) is 19.3 Å². The largest absolute Gasteiger partial charge is 0.493 e. The van der Waals surface area contributed by atoms with Crippen LogP contribution in [-0.2, 0) is 12.8 Å². The van der Waals surface area contributed by atoms with Gasteiger partial charge in [-0.1, -0.05) is 0 Å². The quantitative estimate of drug-likeness (QED) is 0.670. The molecule has 7 heteroatoms. The molecule has 1 amide bonds. The fourth-order valence-corrected chi connectivity index (χ4v) is 4.74. The Hall–Kier alpha value is -3.48. The highest BCUT2D eigenvalue weighted by Gasteiger charge is 2.27. The van der Waals surface area contributed by atoms with E-state index in [1.54, 1.807) is 38.5 Å². The third-order valence-corrected chi connectivity index (χ3v) is 6.14. The summed E-state index contributed by atoms with van der Waals surface area (Å²) in [6.07, 6.45) is 4.19. The molecule has 3 heterocycles. The maximum Gasteiger partial charge on any atom is 0.261 e. The first-order valence-corrected chi connectivity index (χ1v) is 10.5. The molecule has 31 heavy (non-hydrogen) atoms. The van der Waals surface area contributed by atoms with E-state index in [0.29, 0.717) is 17.2 Å². The molecule has 3 aromatic rings. The van der Waals surface area contributed by atoms with E-state index in [1.165, 1.54) is 16.8 Å². The highest BCUT2D eigenvalue weighted by atomic mass is 16.5. The van der Waals surface area contributed by atoms with Crippen molar-refractivity contribution >= 4 is 28.3 Å². The molecule has 0 spiro atoms. The van der Waals surface area contributed by atoms with Crippen molar-refractivity contribution in [1.82, 2.24) is 0 Å². The van der Waals surface area contributed by atoms with Crippen LogP contribution in [0.3, 0.4) is 0 Å². The highest BCUT2D eigenvalue weighted by Crippen LogP contribution is 2.39. The van der Waals surface area contributed by atoms with E-state index in [1.807, 2.05) is 0 Å². The molecule has 0 saturated carbocycles. The van der Waals surface area contributed by atoms with Gasteiger partial charge in [0.2, 0.25) is 5.55 Å². The van der Waals surface area contributed by atoms with Crippen molar-refractivity contribution in [2.45, 2.75) is 25.7 Å². The number of rotatable bonds is 4. The predicted octanol–water partition coefficient (Wildman–Crippen LogP) is 3.88. The minimum atomic E-state index is -0.393. The number of carbonyl (C=O) groups excluding carboxylic acids is 1. The molecule has 0 radical (unpaired) electrons. The summed E-state index contributed by atoms with van der Waals surface area (Å²) in [5, 5.41) is 12.1. The van der Waals surface area contributed by atoms with Crippen LogP contribution in [0.2, 0.25) is 0 Å². The van der Waals surface area contributed by atoms with Gasteiger partial charge in [-0.15, -0.1) is 0 Å². The number of ether oxygens (including phenoxy) is 2. The minimum absolute atomic E-state index is 0.130. The Kier molecular flexibility index (Phi) is 4.81. The molecule has 7 nitrogen and oxygen atoms in total. The van der Waals surface area contributed by atoms with E-state index >= 15 is 0 Å². The summed E-state index contributed by atoms with van der Waals surface area (Å²) in [5.74, 6) is 0.705. The zero-order chi connectivity index (χ0) is 21.5.